The summed E-state index contributed by atoms with van der Waals surface area (Å²) in [6.07, 6.45) is 0. The first-order valence-electron chi connectivity index (χ1n) is 6.06. The van der Waals surface area contributed by atoms with Crippen molar-refractivity contribution >= 4 is 29.9 Å². The van der Waals surface area contributed by atoms with Crippen LogP contribution in [0.15, 0.2) is 35.3 Å². The molecule has 0 saturated carbocycles. The van der Waals surface area contributed by atoms with Crippen molar-refractivity contribution in [2.75, 3.05) is 26.2 Å². The third-order valence-corrected chi connectivity index (χ3v) is 2.06. The van der Waals surface area contributed by atoms with Crippen molar-refractivity contribution in [3.63, 3.8) is 0 Å². The minimum atomic E-state index is 0. The second-order valence-electron chi connectivity index (χ2n) is 3.45. The Morgan fingerprint density at radius 2 is 1.72 bits per heavy atom. The van der Waals surface area contributed by atoms with E-state index in [1.807, 2.05) is 44.2 Å². The summed E-state index contributed by atoms with van der Waals surface area (Å²) in [7, 11) is 0. The average molecular weight is 363 g/mol. The predicted octanol–water partition coefficient (Wildman–Crippen LogP) is 2.26. The highest BCUT2D eigenvalue weighted by molar-refractivity contribution is 14.0. The molecule has 4 nitrogen and oxygen atoms in total. The van der Waals surface area contributed by atoms with E-state index in [0.29, 0.717) is 13.2 Å². The molecule has 1 aromatic rings. The van der Waals surface area contributed by atoms with Crippen molar-refractivity contribution in [3.05, 3.63) is 30.3 Å². The zero-order valence-corrected chi connectivity index (χ0v) is 13.3. The molecule has 0 fully saturated rings. The predicted molar refractivity (Wildman–Crippen MR) is 87.0 cm³/mol. The summed E-state index contributed by atoms with van der Waals surface area (Å²) in [5, 5.41) is 6.33. The number of guanidine groups is 1. The average Bonchev–Trinajstić information content (AvgIpc) is 2.36. The first-order valence-corrected chi connectivity index (χ1v) is 6.06. The molecule has 1 aromatic carbocycles. The van der Waals surface area contributed by atoms with E-state index >= 15 is 0 Å². The van der Waals surface area contributed by atoms with E-state index in [4.69, 9.17) is 4.74 Å². The third-order valence-electron chi connectivity index (χ3n) is 2.06. The van der Waals surface area contributed by atoms with Gasteiger partial charge in [-0.15, -0.1) is 24.0 Å². The standard InChI is InChI=1S/C13H21N3O.HI/c1-3-14-13(15-4-2)16-10-11-17-12-8-6-5-7-9-12;/h5-9H,3-4,10-11H2,1-2H3,(H2,14,15,16);1H. The van der Waals surface area contributed by atoms with E-state index in [2.05, 4.69) is 15.6 Å². The van der Waals surface area contributed by atoms with E-state index in [9.17, 15) is 0 Å². The molecule has 5 heteroatoms. The van der Waals surface area contributed by atoms with Crippen molar-refractivity contribution in [1.82, 2.24) is 10.6 Å². The quantitative estimate of drug-likeness (QED) is 0.353. The van der Waals surface area contributed by atoms with Crippen LogP contribution in [0.3, 0.4) is 0 Å². The summed E-state index contributed by atoms with van der Waals surface area (Å²) < 4.78 is 5.55. The molecule has 0 radical (unpaired) electrons. The van der Waals surface area contributed by atoms with Gasteiger partial charge in [0.15, 0.2) is 5.96 Å². The molecule has 18 heavy (non-hydrogen) atoms. The molecule has 102 valence electrons. The number of aliphatic imine (C=N–C) groups is 1. The van der Waals surface area contributed by atoms with E-state index in [1.54, 1.807) is 0 Å². The molecule has 0 bridgehead atoms. The molecular formula is C13H22IN3O. The molecule has 0 unspecified atom stereocenters. The first kappa shape index (κ1) is 17.0. The maximum absolute atomic E-state index is 5.55. The first-order chi connectivity index (χ1) is 8.36. The molecule has 0 aliphatic heterocycles. The topological polar surface area (TPSA) is 45.7 Å². The van der Waals surface area contributed by atoms with Crippen LogP contribution in [0.5, 0.6) is 5.75 Å². The van der Waals surface area contributed by atoms with Gasteiger partial charge in [0.1, 0.15) is 12.4 Å². The number of nitrogens with zero attached hydrogens (tertiary/aromatic N) is 1. The van der Waals surface area contributed by atoms with Crippen LogP contribution in [0.4, 0.5) is 0 Å². The second kappa shape index (κ2) is 11.1. The van der Waals surface area contributed by atoms with Crippen LogP contribution in [0, 0.1) is 0 Å². The van der Waals surface area contributed by atoms with Gasteiger partial charge in [-0.2, -0.15) is 0 Å². The molecule has 0 aliphatic carbocycles. The fourth-order valence-electron chi connectivity index (χ4n) is 1.35. The number of rotatable bonds is 6. The van der Waals surface area contributed by atoms with Gasteiger partial charge in [0.05, 0.1) is 6.54 Å². The Labute approximate surface area is 126 Å². The van der Waals surface area contributed by atoms with Crippen LogP contribution in [0.25, 0.3) is 0 Å². The van der Waals surface area contributed by atoms with E-state index in [-0.39, 0.29) is 24.0 Å². The highest BCUT2D eigenvalue weighted by Crippen LogP contribution is 2.07. The Balaban J connectivity index is 0.00000289. The number of nitrogens with one attached hydrogen (secondary N) is 2. The van der Waals surface area contributed by atoms with E-state index in [0.717, 1.165) is 24.8 Å². The SMILES string of the molecule is CCNC(=NCCOc1ccccc1)NCC.I. The van der Waals surface area contributed by atoms with Gasteiger partial charge in [0, 0.05) is 13.1 Å². The molecule has 0 saturated heterocycles. The lowest BCUT2D eigenvalue weighted by atomic mass is 10.3. The van der Waals surface area contributed by atoms with Crippen LogP contribution >= 0.6 is 24.0 Å². The number of benzene rings is 1. The summed E-state index contributed by atoms with van der Waals surface area (Å²) >= 11 is 0. The van der Waals surface area contributed by atoms with Gasteiger partial charge in [0.2, 0.25) is 0 Å². The van der Waals surface area contributed by atoms with Crippen LogP contribution < -0.4 is 15.4 Å². The van der Waals surface area contributed by atoms with Gasteiger partial charge in [0.25, 0.3) is 0 Å². The molecule has 2 N–H and O–H groups in total. The maximum atomic E-state index is 5.55. The lowest BCUT2D eigenvalue weighted by Crippen LogP contribution is -2.37. The van der Waals surface area contributed by atoms with Crippen LogP contribution in [0.2, 0.25) is 0 Å². The van der Waals surface area contributed by atoms with Crippen LogP contribution in [-0.2, 0) is 0 Å². The van der Waals surface area contributed by atoms with Crippen LogP contribution in [-0.4, -0.2) is 32.2 Å². The Morgan fingerprint density at radius 1 is 1.11 bits per heavy atom. The Bertz CT molecular complexity index is 322. The van der Waals surface area contributed by atoms with Crippen molar-refractivity contribution < 1.29 is 4.74 Å². The zero-order chi connectivity index (χ0) is 12.3. The van der Waals surface area contributed by atoms with E-state index in [1.165, 1.54) is 0 Å². The minimum Gasteiger partial charge on any atom is -0.492 e. The third kappa shape index (κ3) is 7.37. The number of hydrogen-bond donors (Lipinski definition) is 2. The van der Waals surface area contributed by atoms with Gasteiger partial charge in [-0.25, -0.2) is 4.99 Å². The zero-order valence-electron chi connectivity index (χ0n) is 11.0. The highest BCUT2D eigenvalue weighted by atomic mass is 127. The minimum absolute atomic E-state index is 0. The van der Waals surface area contributed by atoms with Gasteiger partial charge in [-0.1, -0.05) is 18.2 Å². The van der Waals surface area contributed by atoms with Crippen LogP contribution in [0.1, 0.15) is 13.8 Å². The molecular weight excluding hydrogens is 341 g/mol. The molecule has 0 heterocycles. The van der Waals surface area contributed by atoms with Crippen molar-refractivity contribution in [2.24, 2.45) is 4.99 Å². The van der Waals surface area contributed by atoms with Gasteiger partial charge < -0.3 is 15.4 Å². The van der Waals surface area contributed by atoms with Crippen molar-refractivity contribution in [2.45, 2.75) is 13.8 Å². The summed E-state index contributed by atoms with van der Waals surface area (Å²) in [5.74, 6) is 1.72. The lowest BCUT2D eigenvalue weighted by Gasteiger charge is -2.09. The molecule has 1 rings (SSSR count). The highest BCUT2D eigenvalue weighted by Gasteiger charge is 1.94. The largest absolute Gasteiger partial charge is 0.492 e. The maximum Gasteiger partial charge on any atom is 0.191 e. The summed E-state index contributed by atoms with van der Waals surface area (Å²) in [5.41, 5.74) is 0. The second-order valence-corrected chi connectivity index (χ2v) is 3.45. The molecule has 0 spiro atoms. The van der Waals surface area contributed by atoms with Crippen molar-refractivity contribution in [1.29, 1.82) is 0 Å². The summed E-state index contributed by atoms with van der Waals surface area (Å²) in [6, 6.07) is 9.78. The Kier molecular flexibility index (Phi) is 10.5. The Morgan fingerprint density at radius 3 is 2.28 bits per heavy atom. The number of ether oxygens (including phenoxy) is 1. The monoisotopic (exact) mass is 363 g/mol. The Hall–Kier alpha value is -0.980. The normalized spacial score (nSPS) is 9.00. The van der Waals surface area contributed by atoms with Gasteiger partial charge in [-0.3, -0.25) is 0 Å². The van der Waals surface area contributed by atoms with Crippen molar-refractivity contribution in [3.8, 4) is 5.75 Å². The number of halogens is 1. The smallest absolute Gasteiger partial charge is 0.191 e. The molecule has 0 amide bonds. The fourth-order valence-corrected chi connectivity index (χ4v) is 1.35. The fraction of sp³-hybridized carbons (Fsp3) is 0.462. The molecule has 0 atom stereocenters. The molecule has 0 aliphatic rings. The summed E-state index contributed by atoms with van der Waals surface area (Å²) in [6.45, 7) is 7.06. The molecule has 0 aromatic heterocycles. The lowest BCUT2D eigenvalue weighted by molar-refractivity contribution is 0.328. The van der Waals surface area contributed by atoms with E-state index < -0.39 is 0 Å². The number of para-hydroxylation sites is 1. The number of hydrogen-bond acceptors (Lipinski definition) is 2. The summed E-state index contributed by atoms with van der Waals surface area (Å²) in [4.78, 5) is 4.39. The van der Waals surface area contributed by atoms with Gasteiger partial charge in [-0.05, 0) is 26.0 Å². The van der Waals surface area contributed by atoms with Gasteiger partial charge >= 0.3 is 0 Å².